The minimum atomic E-state index is -0.282. The first kappa shape index (κ1) is 13.4. The molecule has 0 radical (unpaired) electrons. The van der Waals surface area contributed by atoms with E-state index in [1.54, 1.807) is 6.20 Å². The molecule has 0 saturated carbocycles. The van der Waals surface area contributed by atoms with E-state index in [0.29, 0.717) is 12.1 Å². The second kappa shape index (κ2) is 5.40. The van der Waals surface area contributed by atoms with Crippen molar-refractivity contribution in [3.05, 3.63) is 40.8 Å². The van der Waals surface area contributed by atoms with Gasteiger partial charge in [0.15, 0.2) is 0 Å². The van der Waals surface area contributed by atoms with Crippen LogP contribution in [0.2, 0.25) is 0 Å². The number of aromatic nitrogens is 3. The second-order valence-corrected chi connectivity index (χ2v) is 4.92. The molecule has 3 aromatic rings. The molecule has 0 bridgehead atoms. The molecule has 21 heavy (non-hydrogen) atoms. The molecule has 0 aliphatic heterocycles. The molecule has 0 aliphatic carbocycles. The summed E-state index contributed by atoms with van der Waals surface area (Å²) in [4.78, 5) is 27.2. The maximum absolute atomic E-state index is 12.4. The number of hydrogen-bond acceptors (Lipinski definition) is 3. The van der Waals surface area contributed by atoms with Crippen LogP contribution in [0, 0.1) is 0 Å². The minimum Gasteiger partial charge on any atom is -0.355 e. The van der Waals surface area contributed by atoms with Gasteiger partial charge in [-0.2, -0.15) is 5.10 Å². The Morgan fingerprint density at radius 1 is 1.33 bits per heavy atom. The lowest BCUT2D eigenvalue weighted by Crippen LogP contribution is -2.33. The summed E-state index contributed by atoms with van der Waals surface area (Å²) in [5, 5.41) is 8.57. The minimum absolute atomic E-state index is 0.0653. The number of aromatic amines is 1. The second-order valence-electron chi connectivity index (χ2n) is 4.92. The maximum atomic E-state index is 12.4. The van der Waals surface area contributed by atoms with Gasteiger partial charge in [0.05, 0.1) is 6.20 Å². The van der Waals surface area contributed by atoms with Gasteiger partial charge in [-0.25, -0.2) is 4.68 Å². The molecule has 2 N–H and O–H groups in total. The third-order valence-electron chi connectivity index (χ3n) is 3.39. The van der Waals surface area contributed by atoms with E-state index in [1.807, 2.05) is 31.2 Å². The zero-order valence-electron chi connectivity index (χ0n) is 11.7. The summed E-state index contributed by atoms with van der Waals surface area (Å²) >= 11 is 0. The van der Waals surface area contributed by atoms with Gasteiger partial charge in [0.2, 0.25) is 5.91 Å². The number of nitrogens with one attached hydrogen (secondary N) is 2. The van der Waals surface area contributed by atoms with E-state index in [4.69, 9.17) is 0 Å². The van der Waals surface area contributed by atoms with Gasteiger partial charge in [0.1, 0.15) is 12.1 Å². The SMILES string of the molecule is CCCNC(=O)Cn1ncc2c([nH]c3ccccc32)c1=O. The summed E-state index contributed by atoms with van der Waals surface area (Å²) in [7, 11) is 0. The average Bonchev–Trinajstić information content (AvgIpc) is 2.87. The van der Waals surface area contributed by atoms with Crippen molar-refractivity contribution in [1.29, 1.82) is 0 Å². The number of rotatable bonds is 4. The van der Waals surface area contributed by atoms with Crippen molar-refractivity contribution < 1.29 is 4.79 Å². The maximum Gasteiger partial charge on any atom is 0.291 e. The van der Waals surface area contributed by atoms with Crippen LogP contribution in [0.4, 0.5) is 0 Å². The van der Waals surface area contributed by atoms with Gasteiger partial charge in [-0.1, -0.05) is 25.1 Å². The fourth-order valence-electron chi connectivity index (χ4n) is 2.34. The lowest BCUT2D eigenvalue weighted by Gasteiger charge is -2.05. The average molecular weight is 284 g/mol. The smallest absolute Gasteiger partial charge is 0.291 e. The third-order valence-corrected chi connectivity index (χ3v) is 3.39. The fraction of sp³-hybridized carbons (Fsp3) is 0.267. The van der Waals surface area contributed by atoms with Crippen LogP contribution in [0.15, 0.2) is 35.3 Å². The molecular formula is C15H16N4O2. The van der Waals surface area contributed by atoms with E-state index >= 15 is 0 Å². The number of carbonyl (C=O) groups excluding carboxylic acids is 1. The molecule has 0 unspecified atom stereocenters. The molecule has 0 saturated heterocycles. The number of hydrogen-bond donors (Lipinski definition) is 2. The predicted octanol–water partition coefficient (Wildman–Crippen LogP) is 1.40. The summed E-state index contributed by atoms with van der Waals surface area (Å²) in [5.74, 6) is -0.207. The zero-order valence-corrected chi connectivity index (χ0v) is 11.7. The number of nitrogens with zero attached hydrogens (tertiary/aromatic N) is 2. The van der Waals surface area contributed by atoms with Crippen molar-refractivity contribution in [2.75, 3.05) is 6.54 Å². The molecule has 108 valence electrons. The fourth-order valence-corrected chi connectivity index (χ4v) is 2.34. The van der Waals surface area contributed by atoms with Gasteiger partial charge in [0.25, 0.3) is 5.56 Å². The molecule has 0 atom stereocenters. The van der Waals surface area contributed by atoms with Gasteiger partial charge < -0.3 is 10.3 Å². The monoisotopic (exact) mass is 284 g/mol. The molecular weight excluding hydrogens is 268 g/mol. The van der Waals surface area contributed by atoms with Gasteiger partial charge in [-0.05, 0) is 12.5 Å². The highest BCUT2D eigenvalue weighted by Gasteiger charge is 2.11. The first-order valence-electron chi connectivity index (χ1n) is 6.94. The van der Waals surface area contributed by atoms with Crippen molar-refractivity contribution in [2.45, 2.75) is 19.9 Å². The third kappa shape index (κ3) is 2.40. The van der Waals surface area contributed by atoms with Crippen molar-refractivity contribution in [3.63, 3.8) is 0 Å². The van der Waals surface area contributed by atoms with E-state index in [2.05, 4.69) is 15.4 Å². The van der Waals surface area contributed by atoms with E-state index < -0.39 is 0 Å². The Hall–Kier alpha value is -2.63. The van der Waals surface area contributed by atoms with Crippen molar-refractivity contribution in [1.82, 2.24) is 20.1 Å². The molecule has 0 spiro atoms. The van der Waals surface area contributed by atoms with E-state index in [-0.39, 0.29) is 18.0 Å². The predicted molar refractivity (Wildman–Crippen MR) is 81.2 cm³/mol. The van der Waals surface area contributed by atoms with Crippen LogP contribution in [-0.4, -0.2) is 27.2 Å². The normalized spacial score (nSPS) is 11.1. The van der Waals surface area contributed by atoms with Crippen LogP contribution in [0.3, 0.4) is 0 Å². The first-order valence-corrected chi connectivity index (χ1v) is 6.94. The molecule has 2 heterocycles. The lowest BCUT2D eigenvalue weighted by molar-refractivity contribution is -0.121. The Labute approximate surface area is 120 Å². The standard InChI is InChI=1S/C15H16N4O2/c1-2-7-16-13(20)9-19-15(21)14-11(8-17-19)10-5-3-4-6-12(10)18-14/h3-6,8,18H,2,7,9H2,1H3,(H,16,20). The summed E-state index contributed by atoms with van der Waals surface area (Å²) in [6, 6.07) is 7.67. The highest BCUT2D eigenvalue weighted by molar-refractivity contribution is 6.06. The molecule has 6 nitrogen and oxygen atoms in total. The Morgan fingerprint density at radius 2 is 2.14 bits per heavy atom. The van der Waals surface area contributed by atoms with Crippen LogP contribution < -0.4 is 10.9 Å². The summed E-state index contributed by atoms with van der Waals surface area (Å²) in [5.41, 5.74) is 1.09. The van der Waals surface area contributed by atoms with Gasteiger partial charge in [-0.15, -0.1) is 0 Å². The topological polar surface area (TPSA) is 79.8 Å². The Bertz CT molecular complexity index is 863. The number of benzene rings is 1. The largest absolute Gasteiger partial charge is 0.355 e. The molecule has 0 fully saturated rings. The Morgan fingerprint density at radius 3 is 2.95 bits per heavy atom. The van der Waals surface area contributed by atoms with Crippen molar-refractivity contribution in [2.24, 2.45) is 0 Å². The number of H-pyrrole nitrogens is 1. The summed E-state index contributed by atoms with van der Waals surface area (Å²) in [6.45, 7) is 2.51. The van der Waals surface area contributed by atoms with E-state index in [1.165, 1.54) is 4.68 Å². The lowest BCUT2D eigenvalue weighted by atomic mass is 10.2. The zero-order chi connectivity index (χ0) is 14.8. The highest BCUT2D eigenvalue weighted by atomic mass is 16.2. The molecule has 2 aromatic heterocycles. The van der Waals surface area contributed by atoms with E-state index in [9.17, 15) is 9.59 Å². The molecule has 3 rings (SSSR count). The number of carbonyl (C=O) groups is 1. The quantitative estimate of drug-likeness (QED) is 0.760. The Balaban J connectivity index is 2.02. The molecule has 1 aromatic carbocycles. The van der Waals surface area contributed by atoms with Gasteiger partial charge >= 0.3 is 0 Å². The molecule has 0 aliphatic rings. The van der Waals surface area contributed by atoms with Crippen LogP contribution >= 0.6 is 0 Å². The first-order chi connectivity index (χ1) is 10.2. The summed E-state index contributed by atoms with van der Waals surface area (Å²) < 4.78 is 1.18. The van der Waals surface area contributed by atoms with Gasteiger partial charge in [-0.3, -0.25) is 9.59 Å². The van der Waals surface area contributed by atoms with Crippen LogP contribution in [0.5, 0.6) is 0 Å². The van der Waals surface area contributed by atoms with Crippen molar-refractivity contribution in [3.8, 4) is 0 Å². The van der Waals surface area contributed by atoms with Crippen LogP contribution in [-0.2, 0) is 11.3 Å². The Kier molecular flexibility index (Phi) is 3.43. The van der Waals surface area contributed by atoms with Gasteiger partial charge in [0, 0.05) is 22.8 Å². The molecule has 1 amide bonds. The number of para-hydroxylation sites is 1. The highest BCUT2D eigenvalue weighted by Crippen LogP contribution is 2.21. The van der Waals surface area contributed by atoms with Crippen LogP contribution in [0.1, 0.15) is 13.3 Å². The van der Waals surface area contributed by atoms with Crippen LogP contribution in [0.25, 0.3) is 21.8 Å². The summed E-state index contributed by atoms with van der Waals surface area (Å²) in [6.07, 6.45) is 2.48. The van der Waals surface area contributed by atoms with Crippen molar-refractivity contribution >= 4 is 27.7 Å². The van der Waals surface area contributed by atoms with E-state index in [0.717, 1.165) is 22.7 Å². The number of fused-ring (bicyclic) bond motifs is 3. The number of amides is 1. The molecule has 6 heteroatoms.